The molecule has 2 aromatic carbocycles. The summed E-state index contributed by atoms with van der Waals surface area (Å²) in [5.41, 5.74) is 2.74. The molecule has 2 amide bonds. The Morgan fingerprint density at radius 3 is 2.14 bits per heavy atom. The third kappa shape index (κ3) is 7.59. The Morgan fingerprint density at radius 2 is 1.63 bits per heavy atom. The number of hydrogen-bond donors (Lipinski definition) is 1. The minimum atomic E-state index is -3.80. The van der Waals surface area contributed by atoms with Gasteiger partial charge in [0.25, 0.3) is 0 Å². The van der Waals surface area contributed by atoms with E-state index in [-0.39, 0.29) is 18.5 Å². The van der Waals surface area contributed by atoms with Gasteiger partial charge in [0.1, 0.15) is 12.6 Å². The number of benzene rings is 2. The van der Waals surface area contributed by atoms with Crippen molar-refractivity contribution in [1.29, 1.82) is 0 Å². The summed E-state index contributed by atoms with van der Waals surface area (Å²) < 4.78 is 26.4. The van der Waals surface area contributed by atoms with Gasteiger partial charge in [0.05, 0.1) is 11.9 Å². The normalized spacial score (nSPS) is 13.1. The predicted molar refractivity (Wildman–Crippen MR) is 142 cm³/mol. The van der Waals surface area contributed by atoms with Crippen LogP contribution in [0, 0.1) is 13.8 Å². The van der Waals surface area contributed by atoms with Crippen LogP contribution in [0.25, 0.3) is 0 Å². The van der Waals surface area contributed by atoms with Crippen LogP contribution in [0.5, 0.6) is 0 Å². The summed E-state index contributed by atoms with van der Waals surface area (Å²) in [5.74, 6) is -0.913. The van der Waals surface area contributed by atoms with Crippen LogP contribution < -0.4 is 9.62 Å². The molecular formula is C25H33Cl2N3O4S. The first-order chi connectivity index (χ1) is 16.3. The molecule has 0 aromatic heterocycles. The minimum absolute atomic E-state index is 0.0586. The largest absolute Gasteiger partial charge is 0.352 e. The van der Waals surface area contributed by atoms with Gasteiger partial charge in [0, 0.05) is 28.2 Å². The Morgan fingerprint density at radius 1 is 1.03 bits per heavy atom. The van der Waals surface area contributed by atoms with E-state index in [2.05, 4.69) is 5.32 Å². The lowest BCUT2D eigenvalue weighted by atomic mass is 10.1. The van der Waals surface area contributed by atoms with Gasteiger partial charge in [-0.05, 0) is 69.5 Å². The van der Waals surface area contributed by atoms with Gasteiger partial charge in [-0.15, -0.1) is 0 Å². The lowest BCUT2D eigenvalue weighted by Gasteiger charge is -2.32. The maximum Gasteiger partial charge on any atom is 0.244 e. The van der Waals surface area contributed by atoms with Crippen LogP contribution in [0.1, 0.15) is 43.9 Å². The molecule has 0 fully saturated rings. The summed E-state index contributed by atoms with van der Waals surface area (Å²) in [6.45, 7) is 8.65. The maximum atomic E-state index is 13.6. The number of carbonyl (C=O) groups excluding carboxylic acids is 2. The first-order valence-corrected chi connectivity index (χ1v) is 13.9. The first kappa shape index (κ1) is 28.9. The Hall–Kier alpha value is -2.29. The van der Waals surface area contributed by atoms with Crippen molar-refractivity contribution in [2.24, 2.45) is 0 Å². The quantitative estimate of drug-likeness (QED) is 0.471. The van der Waals surface area contributed by atoms with Crippen molar-refractivity contribution in [3.8, 4) is 0 Å². The standard InChI is InChI=1S/C25H33Cl2N3O4S/c1-7-18(4)28-25(32)19(5)29(14-21-22(26)9-8-10-23(21)27)24(31)15-30(35(6,33)34)20-12-11-16(2)17(3)13-20/h8-13,18-19H,7,14-15H2,1-6H3,(H,28,32)/t18-,19-/m1/s1. The van der Waals surface area contributed by atoms with Crippen molar-refractivity contribution < 1.29 is 18.0 Å². The highest BCUT2D eigenvalue weighted by molar-refractivity contribution is 7.92. The molecule has 0 aliphatic carbocycles. The van der Waals surface area contributed by atoms with Crippen LogP contribution >= 0.6 is 23.2 Å². The van der Waals surface area contributed by atoms with E-state index in [1.807, 2.05) is 27.7 Å². The lowest BCUT2D eigenvalue weighted by molar-refractivity contribution is -0.139. The molecule has 2 atom stereocenters. The molecule has 35 heavy (non-hydrogen) atoms. The zero-order chi connectivity index (χ0) is 26.5. The fourth-order valence-electron chi connectivity index (χ4n) is 3.40. The van der Waals surface area contributed by atoms with Gasteiger partial charge in [0.15, 0.2) is 0 Å². The third-order valence-electron chi connectivity index (χ3n) is 6.02. The van der Waals surface area contributed by atoms with Gasteiger partial charge in [-0.25, -0.2) is 8.42 Å². The smallest absolute Gasteiger partial charge is 0.244 e. The predicted octanol–water partition coefficient (Wildman–Crippen LogP) is 4.71. The summed E-state index contributed by atoms with van der Waals surface area (Å²) >= 11 is 12.7. The molecular weight excluding hydrogens is 509 g/mol. The molecule has 10 heteroatoms. The highest BCUT2D eigenvalue weighted by Crippen LogP contribution is 2.27. The molecule has 0 unspecified atom stereocenters. The molecule has 2 aromatic rings. The fourth-order valence-corrected chi connectivity index (χ4v) is 4.75. The number of nitrogens with zero attached hydrogens (tertiary/aromatic N) is 2. The van der Waals surface area contributed by atoms with Gasteiger partial charge in [-0.1, -0.05) is 42.3 Å². The van der Waals surface area contributed by atoms with Gasteiger partial charge in [0.2, 0.25) is 21.8 Å². The number of aryl methyl sites for hydroxylation is 2. The van der Waals surface area contributed by atoms with Crippen molar-refractivity contribution in [2.75, 3.05) is 17.1 Å². The number of hydrogen-bond acceptors (Lipinski definition) is 4. The van der Waals surface area contributed by atoms with E-state index in [0.29, 0.717) is 21.3 Å². The van der Waals surface area contributed by atoms with E-state index in [1.54, 1.807) is 43.3 Å². The van der Waals surface area contributed by atoms with Gasteiger partial charge in [-0.3, -0.25) is 13.9 Å². The molecule has 0 saturated carbocycles. The van der Waals surface area contributed by atoms with Crippen LogP contribution in [-0.2, 0) is 26.2 Å². The van der Waals surface area contributed by atoms with Gasteiger partial charge >= 0.3 is 0 Å². The van der Waals surface area contributed by atoms with Crippen LogP contribution in [-0.4, -0.2) is 50.0 Å². The van der Waals surface area contributed by atoms with Crippen LogP contribution in [0.3, 0.4) is 0 Å². The van der Waals surface area contributed by atoms with Crippen LogP contribution in [0.2, 0.25) is 10.0 Å². The summed E-state index contributed by atoms with van der Waals surface area (Å²) in [7, 11) is -3.80. The molecule has 7 nitrogen and oxygen atoms in total. The van der Waals surface area contributed by atoms with Gasteiger partial charge in [-0.2, -0.15) is 0 Å². The van der Waals surface area contributed by atoms with Crippen molar-refractivity contribution in [2.45, 2.75) is 59.7 Å². The van der Waals surface area contributed by atoms with Crippen LogP contribution in [0.4, 0.5) is 5.69 Å². The highest BCUT2D eigenvalue weighted by Gasteiger charge is 2.31. The number of amides is 2. The second kappa shape index (κ2) is 12.1. The monoisotopic (exact) mass is 541 g/mol. The highest BCUT2D eigenvalue weighted by atomic mass is 35.5. The average Bonchev–Trinajstić information content (AvgIpc) is 2.77. The number of nitrogens with one attached hydrogen (secondary N) is 1. The minimum Gasteiger partial charge on any atom is -0.352 e. The Bertz CT molecular complexity index is 1170. The molecule has 0 bridgehead atoms. The van der Waals surface area contributed by atoms with Crippen LogP contribution in [0.15, 0.2) is 36.4 Å². The zero-order valence-electron chi connectivity index (χ0n) is 20.9. The molecule has 0 saturated heterocycles. The average molecular weight is 543 g/mol. The number of anilines is 1. The van der Waals surface area contributed by atoms with E-state index >= 15 is 0 Å². The Balaban J connectivity index is 2.47. The fraction of sp³-hybridized carbons (Fsp3) is 0.440. The number of rotatable bonds is 10. The second-order valence-electron chi connectivity index (χ2n) is 8.75. The van der Waals surface area contributed by atoms with E-state index in [1.165, 1.54) is 4.90 Å². The SMILES string of the molecule is CC[C@@H](C)NC(=O)[C@@H](C)N(Cc1c(Cl)cccc1Cl)C(=O)CN(c1ccc(C)c(C)c1)S(C)(=O)=O. The summed E-state index contributed by atoms with van der Waals surface area (Å²) in [4.78, 5) is 27.9. The number of halogens is 2. The van der Waals surface area contributed by atoms with Crippen molar-refractivity contribution in [3.63, 3.8) is 0 Å². The van der Waals surface area contributed by atoms with E-state index in [4.69, 9.17) is 23.2 Å². The van der Waals surface area contributed by atoms with E-state index in [0.717, 1.165) is 28.1 Å². The topological polar surface area (TPSA) is 86.8 Å². The first-order valence-electron chi connectivity index (χ1n) is 11.3. The molecule has 0 radical (unpaired) electrons. The number of carbonyl (C=O) groups is 2. The Kier molecular flexibility index (Phi) is 10.0. The van der Waals surface area contributed by atoms with Gasteiger partial charge < -0.3 is 10.2 Å². The zero-order valence-corrected chi connectivity index (χ0v) is 23.3. The molecule has 0 heterocycles. The Labute approximate surface area is 218 Å². The van der Waals surface area contributed by atoms with Crippen molar-refractivity contribution in [3.05, 3.63) is 63.1 Å². The maximum absolute atomic E-state index is 13.6. The van der Waals surface area contributed by atoms with E-state index in [9.17, 15) is 18.0 Å². The molecule has 2 rings (SSSR count). The summed E-state index contributed by atoms with van der Waals surface area (Å²) in [6, 6.07) is 9.17. The summed E-state index contributed by atoms with van der Waals surface area (Å²) in [5, 5.41) is 3.57. The third-order valence-corrected chi connectivity index (χ3v) is 7.86. The van der Waals surface area contributed by atoms with Crippen molar-refractivity contribution >= 4 is 50.7 Å². The molecule has 192 valence electrons. The molecule has 1 N–H and O–H groups in total. The molecule has 0 aliphatic heterocycles. The molecule has 0 spiro atoms. The number of sulfonamides is 1. The van der Waals surface area contributed by atoms with E-state index < -0.39 is 28.5 Å². The lowest BCUT2D eigenvalue weighted by Crippen LogP contribution is -2.52. The molecule has 0 aliphatic rings. The summed E-state index contributed by atoms with van der Waals surface area (Å²) in [6.07, 6.45) is 1.77. The second-order valence-corrected chi connectivity index (χ2v) is 11.5. The van der Waals surface area contributed by atoms with Crippen molar-refractivity contribution in [1.82, 2.24) is 10.2 Å².